The molecule has 2 rings (SSSR count). The third-order valence-electron chi connectivity index (χ3n) is 4.99. The van der Waals surface area contributed by atoms with E-state index in [0.717, 1.165) is 30.5 Å². The molecule has 1 fully saturated rings. The molecule has 1 aliphatic carbocycles. The standard InChI is InChI=1S/C21H34N4O.HI/c1-3-23-21(24-14-7-6-11-17-9-4-5-10-17)25-16-18-12-8-13-19(15-18)20(26)22-2;/h8,12-13,15,17H,3-7,9-11,14,16H2,1-2H3,(H,22,26)(H2,23,24,25);1H. The van der Waals surface area contributed by atoms with Gasteiger partial charge >= 0.3 is 0 Å². The molecule has 0 radical (unpaired) electrons. The largest absolute Gasteiger partial charge is 0.357 e. The summed E-state index contributed by atoms with van der Waals surface area (Å²) in [7, 11) is 1.65. The summed E-state index contributed by atoms with van der Waals surface area (Å²) in [4.78, 5) is 16.4. The van der Waals surface area contributed by atoms with Crippen LogP contribution in [0.15, 0.2) is 29.3 Å². The Morgan fingerprint density at radius 3 is 2.67 bits per heavy atom. The van der Waals surface area contributed by atoms with Crippen LogP contribution >= 0.6 is 24.0 Å². The van der Waals surface area contributed by atoms with Crippen LogP contribution in [0.5, 0.6) is 0 Å². The van der Waals surface area contributed by atoms with Crippen molar-refractivity contribution in [2.45, 2.75) is 58.4 Å². The van der Waals surface area contributed by atoms with E-state index in [1.165, 1.54) is 44.9 Å². The number of rotatable bonds is 9. The van der Waals surface area contributed by atoms with E-state index in [1.54, 1.807) is 7.05 Å². The highest BCUT2D eigenvalue weighted by Crippen LogP contribution is 2.28. The van der Waals surface area contributed by atoms with Crippen molar-refractivity contribution >= 4 is 35.8 Å². The smallest absolute Gasteiger partial charge is 0.251 e. The molecular weight excluding hydrogens is 451 g/mol. The molecule has 0 heterocycles. The minimum absolute atomic E-state index is 0. The van der Waals surface area contributed by atoms with Crippen molar-refractivity contribution in [3.05, 3.63) is 35.4 Å². The van der Waals surface area contributed by atoms with E-state index < -0.39 is 0 Å². The van der Waals surface area contributed by atoms with Gasteiger partial charge in [0.25, 0.3) is 5.91 Å². The van der Waals surface area contributed by atoms with E-state index in [9.17, 15) is 4.79 Å². The molecule has 6 heteroatoms. The lowest BCUT2D eigenvalue weighted by atomic mass is 10.0. The molecular formula is C21H35IN4O. The van der Waals surface area contributed by atoms with E-state index in [0.29, 0.717) is 12.1 Å². The van der Waals surface area contributed by atoms with Crippen LogP contribution in [0, 0.1) is 5.92 Å². The van der Waals surface area contributed by atoms with Gasteiger partial charge in [0.2, 0.25) is 0 Å². The number of aliphatic imine (C=N–C) groups is 1. The van der Waals surface area contributed by atoms with Gasteiger partial charge in [0.1, 0.15) is 0 Å². The zero-order valence-electron chi connectivity index (χ0n) is 16.7. The average molecular weight is 486 g/mol. The van der Waals surface area contributed by atoms with Crippen LogP contribution in [0.4, 0.5) is 0 Å². The normalized spacial score (nSPS) is 14.5. The third kappa shape index (κ3) is 8.95. The van der Waals surface area contributed by atoms with Gasteiger partial charge in [0.05, 0.1) is 6.54 Å². The predicted octanol–water partition coefficient (Wildman–Crippen LogP) is 4.08. The lowest BCUT2D eigenvalue weighted by Gasteiger charge is -2.12. The molecule has 0 saturated heterocycles. The average Bonchev–Trinajstić information content (AvgIpc) is 3.18. The zero-order valence-corrected chi connectivity index (χ0v) is 19.1. The molecule has 0 spiro atoms. The van der Waals surface area contributed by atoms with Gasteiger partial charge in [0, 0.05) is 25.7 Å². The van der Waals surface area contributed by atoms with E-state index in [1.807, 2.05) is 24.3 Å². The first kappa shape index (κ1) is 23.7. The lowest BCUT2D eigenvalue weighted by Crippen LogP contribution is -2.37. The summed E-state index contributed by atoms with van der Waals surface area (Å²) in [5, 5.41) is 9.37. The topological polar surface area (TPSA) is 65.5 Å². The van der Waals surface area contributed by atoms with Crippen LogP contribution in [0.1, 0.15) is 67.8 Å². The first-order valence-corrected chi connectivity index (χ1v) is 10.1. The molecule has 3 N–H and O–H groups in total. The minimum atomic E-state index is -0.0666. The summed E-state index contributed by atoms with van der Waals surface area (Å²) in [6, 6.07) is 7.62. The van der Waals surface area contributed by atoms with Crippen LogP contribution < -0.4 is 16.0 Å². The fraction of sp³-hybridized carbons (Fsp3) is 0.619. The van der Waals surface area contributed by atoms with Crippen LogP contribution in [-0.4, -0.2) is 32.0 Å². The molecule has 0 aromatic heterocycles. The van der Waals surface area contributed by atoms with E-state index in [-0.39, 0.29) is 29.9 Å². The molecule has 0 aliphatic heterocycles. The summed E-state index contributed by atoms with van der Waals surface area (Å²) in [6.07, 6.45) is 9.60. The summed E-state index contributed by atoms with van der Waals surface area (Å²) in [5.41, 5.74) is 1.70. The number of carbonyl (C=O) groups excluding carboxylic acids is 1. The van der Waals surface area contributed by atoms with Crippen molar-refractivity contribution in [1.82, 2.24) is 16.0 Å². The van der Waals surface area contributed by atoms with E-state index in [4.69, 9.17) is 0 Å². The second-order valence-electron chi connectivity index (χ2n) is 7.05. The van der Waals surface area contributed by atoms with E-state index in [2.05, 4.69) is 27.9 Å². The summed E-state index contributed by atoms with van der Waals surface area (Å²) in [5.74, 6) is 1.76. The maximum Gasteiger partial charge on any atom is 0.251 e. The predicted molar refractivity (Wildman–Crippen MR) is 124 cm³/mol. The molecule has 5 nitrogen and oxygen atoms in total. The highest BCUT2D eigenvalue weighted by atomic mass is 127. The molecule has 1 aliphatic rings. The molecule has 0 unspecified atom stereocenters. The van der Waals surface area contributed by atoms with Crippen molar-refractivity contribution in [1.29, 1.82) is 0 Å². The number of unbranched alkanes of at least 4 members (excludes halogenated alkanes) is 1. The molecule has 27 heavy (non-hydrogen) atoms. The van der Waals surface area contributed by atoms with Crippen LogP contribution in [0.3, 0.4) is 0 Å². The Kier molecular flexibility index (Phi) is 12.1. The lowest BCUT2D eigenvalue weighted by molar-refractivity contribution is 0.0963. The highest BCUT2D eigenvalue weighted by molar-refractivity contribution is 14.0. The fourth-order valence-corrected chi connectivity index (χ4v) is 3.53. The first-order chi connectivity index (χ1) is 12.7. The number of nitrogens with one attached hydrogen (secondary N) is 3. The molecule has 1 amide bonds. The Morgan fingerprint density at radius 2 is 1.96 bits per heavy atom. The Hall–Kier alpha value is -1.31. The summed E-state index contributed by atoms with van der Waals surface area (Å²) < 4.78 is 0. The monoisotopic (exact) mass is 486 g/mol. The molecule has 0 bridgehead atoms. The zero-order chi connectivity index (χ0) is 18.6. The number of nitrogens with zero attached hydrogens (tertiary/aromatic N) is 1. The molecule has 1 aromatic rings. The number of guanidine groups is 1. The van der Waals surface area contributed by atoms with E-state index >= 15 is 0 Å². The van der Waals surface area contributed by atoms with Gasteiger partial charge in [-0.25, -0.2) is 4.99 Å². The molecule has 1 saturated carbocycles. The fourth-order valence-electron chi connectivity index (χ4n) is 3.53. The Balaban J connectivity index is 0.00000364. The van der Waals surface area contributed by atoms with Crippen molar-refractivity contribution in [2.75, 3.05) is 20.1 Å². The molecule has 152 valence electrons. The quantitative estimate of drug-likeness (QED) is 0.213. The number of amides is 1. The van der Waals surface area contributed by atoms with Gasteiger partial charge in [-0.1, -0.05) is 50.7 Å². The Bertz CT molecular complexity index is 585. The second kappa shape index (κ2) is 13.8. The number of carbonyl (C=O) groups is 1. The maximum absolute atomic E-state index is 11.7. The summed E-state index contributed by atoms with van der Waals surface area (Å²) >= 11 is 0. The number of hydrogen-bond acceptors (Lipinski definition) is 2. The van der Waals surface area contributed by atoms with Crippen LogP contribution in [0.25, 0.3) is 0 Å². The SMILES string of the molecule is CCNC(=NCc1cccc(C(=O)NC)c1)NCCCCC1CCCC1.I. The number of halogens is 1. The summed E-state index contributed by atoms with van der Waals surface area (Å²) in [6.45, 7) is 4.43. The van der Waals surface area contributed by atoms with Gasteiger partial charge < -0.3 is 16.0 Å². The third-order valence-corrected chi connectivity index (χ3v) is 4.99. The Morgan fingerprint density at radius 1 is 1.19 bits per heavy atom. The number of hydrogen-bond donors (Lipinski definition) is 3. The van der Waals surface area contributed by atoms with Crippen molar-refractivity contribution in [3.8, 4) is 0 Å². The van der Waals surface area contributed by atoms with Crippen LogP contribution in [-0.2, 0) is 6.54 Å². The van der Waals surface area contributed by atoms with Gasteiger partial charge in [-0.3, -0.25) is 4.79 Å². The highest BCUT2D eigenvalue weighted by Gasteiger charge is 2.13. The van der Waals surface area contributed by atoms with Crippen LogP contribution in [0.2, 0.25) is 0 Å². The molecule has 1 aromatic carbocycles. The van der Waals surface area contributed by atoms with Crippen molar-refractivity contribution in [2.24, 2.45) is 10.9 Å². The maximum atomic E-state index is 11.7. The molecule has 0 atom stereocenters. The Labute approximate surface area is 181 Å². The van der Waals surface area contributed by atoms with Gasteiger partial charge in [-0.2, -0.15) is 0 Å². The second-order valence-corrected chi connectivity index (χ2v) is 7.05. The minimum Gasteiger partial charge on any atom is -0.357 e. The van der Waals surface area contributed by atoms with Crippen molar-refractivity contribution in [3.63, 3.8) is 0 Å². The van der Waals surface area contributed by atoms with Gasteiger partial charge in [-0.05, 0) is 37.0 Å². The first-order valence-electron chi connectivity index (χ1n) is 10.1. The van der Waals surface area contributed by atoms with Gasteiger partial charge in [-0.15, -0.1) is 24.0 Å². The van der Waals surface area contributed by atoms with Gasteiger partial charge in [0.15, 0.2) is 5.96 Å². The van der Waals surface area contributed by atoms with Crippen molar-refractivity contribution < 1.29 is 4.79 Å². The number of benzene rings is 1.